The molecule has 140 valence electrons. The van der Waals surface area contributed by atoms with Gasteiger partial charge in [-0.2, -0.15) is 0 Å². The van der Waals surface area contributed by atoms with Gasteiger partial charge in [0.15, 0.2) is 0 Å². The molecule has 2 aromatic rings. The molecule has 0 radical (unpaired) electrons. The van der Waals surface area contributed by atoms with Gasteiger partial charge in [0.2, 0.25) is 0 Å². The molecule has 0 spiro atoms. The Morgan fingerprint density at radius 3 is 2.38 bits per heavy atom. The van der Waals surface area contributed by atoms with E-state index in [1.807, 2.05) is 24.3 Å². The van der Waals surface area contributed by atoms with Gasteiger partial charge in [-0.15, -0.1) is 0 Å². The lowest BCUT2D eigenvalue weighted by molar-refractivity contribution is -0.159. The van der Waals surface area contributed by atoms with E-state index < -0.39 is 17.8 Å². The first-order valence-electron chi connectivity index (χ1n) is 7.57. The average Bonchev–Trinajstić information content (AvgIpc) is 2.62. The number of halogens is 2. The topological polar surface area (TPSA) is 95.9 Å². The van der Waals surface area contributed by atoms with E-state index in [-0.39, 0.29) is 5.82 Å². The van der Waals surface area contributed by atoms with Gasteiger partial charge in [0.1, 0.15) is 17.4 Å². The SMILES string of the molecule is COc1cccc(CCNCc2cc(F)ccc2F)c1.O=C(O)C(=O)O. The van der Waals surface area contributed by atoms with Gasteiger partial charge in [-0.1, -0.05) is 12.1 Å². The zero-order valence-corrected chi connectivity index (χ0v) is 14.0. The number of methoxy groups -OCH3 is 1. The van der Waals surface area contributed by atoms with Gasteiger partial charge in [0.25, 0.3) is 0 Å². The van der Waals surface area contributed by atoms with Crippen LogP contribution in [0.4, 0.5) is 8.78 Å². The molecule has 0 aliphatic carbocycles. The number of benzene rings is 2. The van der Waals surface area contributed by atoms with Crippen molar-refractivity contribution >= 4 is 11.9 Å². The molecule has 0 fully saturated rings. The van der Waals surface area contributed by atoms with Crippen LogP contribution >= 0.6 is 0 Å². The molecule has 0 unspecified atom stereocenters. The molecule has 0 aliphatic rings. The summed E-state index contributed by atoms with van der Waals surface area (Å²) in [4.78, 5) is 18.2. The number of aliphatic carboxylic acids is 2. The summed E-state index contributed by atoms with van der Waals surface area (Å²) in [7, 11) is 1.63. The van der Waals surface area contributed by atoms with Crippen LogP contribution in [0.5, 0.6) is 5.75 Å². The number of hydrogen-bond acceptors (Lipinski definition) is 4. The molecule has 8 heteroatoms. The van der Waals surface area contributed by atoms with Crippen LogP contribution < -0.4 is 10.1 Å². The predicted molar refractivity (Wildman–Crippen MR) is 90.0 cm³/mol. The second kappa shape index (κ2) is 10.8. The molecule has 0 amide bonds. The molecule has 2 rings (SSSR count). The number of hydrogen-bond donors (Lipinski definition) is 3. The van der Waals surface area contributed by atoms with Crippen molar-refractivity contribution in [1.82, 2.24) is 5.32 Å². The van der Waals surface area contributed by atoms with Gasteiger partial charge >= 0.3 is 11.9 Å². The first kappa shape index (κ1) is 21.0. The summed E-state index contributed by atoms with van der Waals surface area (Å²) in [6.45, 7) is 0.997. The van der Waals surface area contributed by atoms with E-state index >= 15 is 0 Å². The highest BCUT2D eigenvalue weighted by Gasteiger charge is 2.04. The Bertz CT molecular complexity index is 740. The fraction of sp³-hybridized carbons (Fsp3) is 0.222. The van der Waals surface area contributed by atoms with Crippen molar-refractivity contribution in [2.45, 2.75) is 13.0 Å². The molecule has 0 atom stereocenters. The van der Waals surface area contributed by atoms with Crippen molar-refractivity contribution in [3.05, 3.63) is 65.2 Å². The van der Waals surface area contributed by atoms with Crippen LogP contribution in [0.1, 0.15) is 11.1 Å². The van der Waals surface area contributed by atoms with Crippen LogP contribution in [0.25, 0.3) is 0 Å². The highest BCUT2D eigenvalue weighted by atomic mass is 19.1. The largest absolute Gasteiger partial charge is 0.497 e. The lowest BCUT2D eigenvalue weighted by Crippen LogP contribution is -2.17. The third-order valence-corrected chi connectivity index (χ3v) is 3.23. The van der Waals surface area contributed by atoms with E-state index in [1.165, 1.54) is 6.07 Å². The molecule has 0 aliphatic heterocycles. The second-order valence-electron chi connectivity index (χ2n) is 5.12. The average molecular weight is 367 g/mol. The van der Waals surface area contributed by atoms with E-state index in [0.717, 1.165) is 29.9 Å². The Balaban J connectivity index is 0.000000487. The molecule has 0 aromatic heterocycles. The molecule has 2 aromatic carbocycles. The fourth-order valence-corrected chi connectivity index (χ4v) is 1.96. The molecule has 0 saturated heterocycles. The molecule has 0 saturated carbocycles. The zero-order chi connectivity index (χ0) is 19.5. The summed E-state index contributed by atoms with van der Waals surface area (Å²) in [6.07, 6.45) is 0.800. The monoisotopic (exact) mass is 367 g/mol. The summed E-state index contributed by atoms with van der Waals surface area (Å²) >= 11 is 0. The molecular weight excluding hydrogens is 348 g/mol. The summed E-state index contributed by atoms with van der Waals surface area (Å²) in [6, 6.07) is 11.3. The van der Waals surface area contributed by atoms with Gasteiger partial charge < -0.3 is 20.3 Å². The second-order valence-corrected chi connectivity index (χ2v) is 5.12. The molecule has 6 nitrogen and oxygen atoms in total. The Morgan fingerprint density at radius 2 is 1.77 bits per heavy atom. The third kappa shape index (κ3) is 7.71. The maximum Gasteiger partial charge on any atom is 0.414 e. The summed E-state index contributed by atoms with van der Waals surface area (Å²) in [5, 5.41) is 17.9. The minimum absolute atomic E-state index is 0.313. The Labute approximate surface area is 149 Å². The van der Waals surface area contributed by atoms with Crippen molar-refractivity contribution < 1.29 is 33.3 Å². The van der Waals surface area contributed by atoms with E-state index in [0.29, 0.717) is 18.7 Å². The number of carboxylic acids is 2. The number of rotatable bonds is 6. The summed E-state index contributed by atoms with van der Waals surface area (Å²) in [5.41, 5.74) is 1.48. The van der Waals surface area contributed by atoms with E-state index in [2.05, 4.69) is 5.32 Å². The van der Waals surface area contributed by atoms with Gasteiger partial charge in [0, 0.05) is 12.1 Å². The molecule has 0 bridgehead atoms. The smallest absolute Gasteiger partial charge is 0.414 e. The van der Waals surface area contributed by atoms with Crippen molar-refractivity contribution in [2.24, 2.45) is 0 Å². The van der Waals surface area contributed by atoms with Crippen LogP contribution in [0.15, 0.2) is 42.5 Å². The molecular formula is C18H19F2NO5. The van der Waals surface area contributed by atoms with E-state index in [1.54, 1.807) is 7.11 Å². The Hall–Kier alpha value is -3.00. The maximum absolute atomic E-state index is 13.4. The van der Waals surface area contributed by atoms with Crippen molar-refractivity contribution in [3.8, 4) is 5.75 Å². The highest BCUT2D eigenvalue weighted by Crippen LogP contribution is 2.13. The lowest BCUT2D eigenvalue weighted by atomic mass is 10.1. The quantitative estimate of drug-likeness (QED) is 0.536. The number of carboxylic acid groups (broad SMARTS) is 2. The third-order valence-electron chi connectivity index (χ3n) is 3.23. The van der Waals surface area contributed by atoms with Gasteiger partial charge in [-0.05, 0) is 48.9 Å². The van der Waals surface area contributed by atoms with Crippen molar-refractivity contribution in [2.75, 3.05) is 13.7 Å². The fourth-order valence-electron chi connectivity index (χ4n) is 1.96. The van der Waals surface area contributed by atoms with Crippen LogP contribution in [0, 0.1) is 11.6 Å². The standard InChI is InChI=1S/C16H17F2NO.C2H2O4/c1-20-15-4-2-3-12(9-15)7-8-19-11-13-10-14(17)5-6-16(13)18;3-1(4)2(5)6/h2-6,9-10,19H,7-8,11H2,1H3;(H,3,4)(H,5,6). The van der Waals surface area contributed by atoms with Gasteiger partial charge in [-0.25, -0.2) is 18.4 Å². The highest BCUT2D eigenvalue weighted by molar-refractivity contribution is 6.27. The van der Waals surface area contributed by atoms with Crippen LogP contribution in [0.2, 0.25) is 0 Å². The van der Waals surface area contributed by atoms with Gasteiger partial charge in [-0.3, -0.25) is 0 Å². The van der Waals surface area contributed by atoms with Crippen LogP contribution in [-0.4, -0.2) is 35.8 Å². The molecule has 26 heavy (non-hydrogen) atoms. The minimum Gasteiger partial charge on any atom is -0.497 e. The predicted octanol–water partition coefficient (Wildman–Crippen LogP) is 2.46. The summed E-state index contributed by atoms with van der Waals surface area (Å²) in [5.74, 6) is -3.64. The lowest BCUT2D eigenvalue weighted by Gasteiger charge is -2.07. The Morgan fingerprint density at radius 1 is 1.08 bits per heavy atom. The molecule has 3 N–H and O–H groups in total. The first-order valence-corrected chi connectivity index (χ1v) is 7.57. The Kier molecular flexibility index (Phi) is 8.72. The zero-order valence-electron chi connectivity index (χ0n) is 14.0. The molecule has 0 heterocycles. The maximum atomic E-state index is 13.4. The summed E-state index contributed by atoms with van der Waals surface area (Å²) < 4.78 is 31.5. The minimum atomic E-state index is -1.82. The van der Waals surface area contributed by atoms with Gasteiger partial charge in [0.05, 0.1) is 7.11 Å². The number of ether oxygens (including phenoxy) is 1. The van der Waals surface area contributed by atoms with Crippen LogP contribution in [-0.2, 0) is 22.6 Å². The van der Waals surface area contributed by atoms with Crippen LogP contribution in [0.3, 0.4) is 0 Å². The first-order chi connectivity index (χ1) is 12.3. The van der Waals surface area contributed by atoms with E-state index in [9.17, 15) is 8.78 Å². The normalized spacial score (nSPS) is 9.81. The van der Waals surface area contributed by atoms with Crippen molar-refractivity contribution in [1.29, 1.82) is 0 Å². The number of nitrogens with one attached hydrogen (secondary N) is 1. The number of carbonyl (C=O) groups is 2. The van der Waals surface area contributed by atoms with E-state index in [4.69, 9.17) is 24.5 Å². The van der Waals surface area contributed by atoms with Crippen molar-refractivity contribution in [3.63, 3.8) is 0 Å².